The summed E-state index contributed by atoms with van der Waals surface area (Å²) in [6, 6.07) is 16.2. The molecule has 0 aliphatic carbocycles. The molecule has 0 bridgehead atoms. The number of ether oxygens (including phenoxy) is 1. The fourth-order valence-corrected chi connectivity index (χ4v) is 4.34. The first-order chi connectivity index (χ1) is 17.8. The van der Waals surface area contributed by atoms with Crippen LogP contribution in [0, 0.1) is 5.92 Å². The van der Waals surface area contributed by atoms with Gasteiger partial charge in [-0.3, -0.25) is 4.79 Å². The number of benzene rings is 2. The molecular formula is C27H26F3N5O2. The van der Waals surface area contributed by atoms with E-state index in [1.54, 1.807) is 18.3 Å². The van der Waals surface area contributed by atoms with E-state index in [1.165, 1.54) is 6.07 Å². The van der Waals surface area contributed by atoms with Crippen molar-refractivity contribution in [2.24, 2.45) is 5.92 Å². The molecule has 0 saturated carbocycles. The van der Waals surface area contributed by atoms with Crippen molar-refractivity contribution in [3.63, 3.8) is 0 Å². The molecule has 0 spiro atoms. The number of carbonyl (C=O) groups excluding carboxylic acids is 1. The minimum absolute atomic E-state index is 0.0337. The van der Waals surface area contributed by atoms with Crippen molar-refractivity contribution < 1.29 is 22.7 Å². The van der Waals surface area contributed by atoms with Crippen molar-refractivity contribution >= 4 is 23.5 Å². The quantitative estimate of drug-likeness (QED) is 0.498. The summed E-state index contributed by atoms with van der Waals surface area (Å²) in [6.07, 6.45) is 1.52. The molecule has 37 heavy (non-hydrogen) atoms. The maximum atomic E-state index is 12.9. The van der Waals surface area contributed by atoms with E-state index in [-0.39, 0.29) is 17.9 Å². The Balaban J connectivity index is 1.07. The van der Waals surface area contributed by atoms with Crippen LogP contribution in [0.5, 0.6) is 5.75 Å². The van der Waals surface area contributed by atoms with Gasteiger partial charge in [-0.1, -0.05) is 12.1 Å². The molecule has 2 aromatic carbocycles. The average molecular weight is 510 g/mol. The molecule has 2 fully saturated rings. The van der Waals surface area contributed by atoms with E-state index in [0.717, 1.165) is 30.9 Å². The van der Waals surface area contributed by atoms with Crippen molar-refractivity contribution in [3.05, 3.63) is 84.2 Å². The first-order valence-corrected chi connectivity index (χ1v) is 12.0. The summed E-state index contributed by atoms with van der Waals surface area (Å²) in [7, 11) is 0. The van der Waals surface area contributed by atoms with Crippen LogP contribution in [-0.2, 0) is 11.0 Å². The standard InChI is InChI=1S/C27H26F3N5O2/c28-27(29,30)21-4-1-3-19(15-21)10-13-34-14-11-24(18-34)37-23-8-6-22(7-9-23)32-26(36)20-16-35(17-20)25-5-2-12-31-33-25/h1-10,12-13,15,20,24H,11,14,16-18H2,(H,32,36)/t24-/m1/s1. The molecule has 5 rings (SSSR count). The highest BCUT2D eigenvalue weighted by Crippen LogP contribution is 2.30. The fraction of sp³-hybridized carbons (Fsp3) is 0.296. The summed E-state index contributed by atoms with van der Waals surface area (Å²) in [5.41, 5.74) is 0.543. The van der Waals surface area contributed by atoms with E-state index >= 15 is 0 Å². The zero-order valence-corrected chi connectivity index (χ0v) is 19.9. The lowest BCUT2D eigenvalue weighted by Gasteiger charge is -2.38. The third-order valence-electron chi connectivity index (χ3n) is 6.43. The summed E-state index contributed by atoms with van der Waals surface area (Å²) >= 11 is 0. The lowest BCUT2D eigenvalue weighted by atomic mass is 9.99. The smallest absolute Gasteiger partial charge is 0.416 e. The normalized spacial score (nSPS) is 18.2. The number of hydrogen-bond donors (Lipinski definition) is 1. The van der Waals surface area contributed by atoms with Crippen LogP contribution in [0.15, 0.2) is 73.1 Å². The van der Waals surface area contributed by atoms with Crippen LogP contribution in [0.4, 0.5) is 24.7 Å². The molecular weight excluding hydrogens is 483 g/mol. The number of alkyl halides is 3. The maximum Gasteiger partial charge on any atom is 0.416 e. The lowest BCUT2D eigenvalue weighted by molar-refractivity contribution is -0.137. The highest BCUT2D eigenvalue weighted by atomic mass is 19.4. The van der Waals surface area contributed by atoms with Gasteiger partial charge < -0.3 is 19.9 Å². The minimum Gasteiger partial charge on any atom is -0.489 e. The fourth-order valence-electron chi connectivity index (χ4n) is 4.34. The average Bonchev–Trinajstić information content (AvgIpc) is 3.31. The molecule has 3 aromatic rings. The van der Waals surface area contributed by atoms with Crippen LogP contribution in [0.1, 0.15) is 17.5 Å². The lowest BCUT2D eigenvalue weighted by Crippen LogP contribution is -2.52. The molecule has 1 amide bonds. The summed E-state index contributed by atoms with van der Waals surface area (Å²) in [6.45, 7) is 2.59. The number of aromatic nitrogens is 2. The largest absolute Gasteiger partial charge is 0.489 e. The predicted molar refractivity (Wildman–Crippen MR) is 134 cm³/mol. The first kappa shape index (κ1) is 24.6. The first-order valence-electron chi connectivity index (χ1n) is 12.0. The molecule has 0 radical (unpaired) electrons. The third kappa shape index (κ3) is 6.19. The van der Waals surface area contributed by atoms with Gasteiger partial charge in [-0.05, 0) is 66.4 Å². The van der Waals surface area contributed by atoms with Gasteiger partial charge in [-0.2, -0.15) is 18.3 Å². The summed E-state index contributed by atoms with van der Waals surface area (Å²) in [4.78, 5) is 16.6. The van der Waals surface area contributed by atoms with E-state index in [4.69, 9.17) is 4.74 Å². The zero-order chi connectivity index (χ0) is 25.8. The Morgan fingerprint density at radius 1 is 1.05 bits per heavy atom. The number of nitrogens with zero attached hydrogens (tertiary/aromatic N) is 4. The number of hydrogen-bond acceptors (Lipinski definition) is 6. The van der Waals surface area contributed by atoms with Gasteiger partial charge in [0.2, 0.25) is 5.91 Å². The number of carbonyl (C=O) groups is 1. The number of likely N-dealkylation sites (tertiary alicyclic amines) is 1. The SMILES string of the molecule is O=C(Nc1ccc(O[C@@H]2CCN(C=Cc3cccc(C(F)(F)F)c3)C2)cc1)C1CN(c2cccnn2)C1. The molecule has 1 aromatic heterocycles. The second-order valence-electron chi connectivity index (χ2n) is 9.16. The third-order valence-corrected chi connectivity index (χ3v) is 6.43. The predicted octanol–water partition coefficient (Wildman–Crippen LogP) is 4.69. The number of amides is 1. The number of rotatable bonds is 7. The van der Waals surface area contributed by atoms with Crippen LogP contribution < -0.4 is 15.0 Å². The van der Waals surface area contributed by atoms with Crippen molar-refractivity contribution in [1.82, 2.24) is 15.1 Å². The van der Waals surface area contributed by atoms with Crippen molar-refractivity contribution in [1.29, 1.82) is 0 Å². The zero-order valence-electron chi connectivity index (χ0n) is 19.9. The molecule has 0 unspecified atom stereocenters. The van der Waals surface area contributed by atoms with Crippen LogP contribution in [0.3, 0.4) is 0 Å². The molecule has 10 heteroatoms. The van der Waals surface area contributed by atoms with Crippen LogP contribution in [0.25, 0.3) is 6.08 Å². The maximum absolute atomic E-state index is 12.9. The molecule has 2 aliphatic rings. The Bertz CT molecular complexity index is 1240. The van der Waals surface area contributed by atoms with Crippen molar-refractivity contribution in [3.8, 4) is 5.75 Å². The van der Waals surface area contributed by atoms with Gasteiger partial charge in [-0.25, -0.2) is 0 Å². The molecule has 7 nitrogen and oxygen atoms in total. The topological polar surface area (TPSA) is 70.6 Å². The minimum atomic E-state index is -4.36. The highest BCUT2D eigenvalue weighted by molar-refractivity contribution is 5.94. The van der Waals surface area contributed by atoms with Crippen LogP contribution >= 0.6 is 0 Å². The van der Waals surface area contributed by atoms with E-state index in [0.29, 0.717) is 36.6 Å². The van der Waals surface area contributed by atoms with E-state index in [2.05, 4.69) is 15.5 Å². The molecule has 1 N–H and O–H groups in total. The van der Waals surface area contributed by atoms with Gasteiger partial charge in [0.25, 0.3) is 0 Å². The Hall–Kier alpha value is -4.08. The van der Waals surface area contributed by atoms with Gasteiger partial charge in [0.15, 0.2) is 5.82 Å². The Morgan fingerprint density at radius 2 is 1.86 bits per heavy atom. The number of halogens is 3. The second kappa shape index (κ2) is 10.5. The molecule has 2 saturated heterocycles. The second-order valence-corrected chi connectivity index (χ2v) is 9.16. The van der Waals surface area contributed by atoms with Gasteiger partial charge in [0.05, 0.1) is 18.0 Å². The van der Waals surface area contributed by atoms with Crippen LogP contribution in [0.2, 0.25) is 0 Å². The molecule has 3 heterocycles. The van der Waals surface area contributed by atoms with Crippen molar-refractivity contribution in [2.75, 3.05) is 36.4 Å². The van der Waals surface area contributed by atoms with Gasteiger partial charge >= 0.3 is 6.18 Å². The Labute approximate surface area is 212 Å². The number of nitrogens with one attached hydrogen (secondary N) is 1. The monoisotopic (exact) mass is 509 g/mol. The molecule has 2 aliphatic heterocycles. The van der Waals surface area contributed by atoms with E-state index < -0.39 is 11.7 Å². The van der Waals surface area contributed by atoms with Gasteiger partial charge in [0, 0.05) is 37.9 Å². The van der Waals surface area contributed by atoms with Crippen molar-refractivity contribution in [2.45, 2.75) is 18.7 Å². The Morgan fingerprint density at radius 3 is 2.59 bits per heavy atom. The highest BCUT2D eigenvalue weighted by Gasteiger charge is 2.33. The van der Waals surface area contributed by atoms with E-state index in [1.807, 2.05) is 52.4 Å². The molecule has 192 valence electrons. The van der Waals surface area contributed by atoms with Gasteiger partial charge in [-0.15, -0.1) is 5.10 Å². The summed E-state index contributed by atoms with van der Waals surface area (Å²) in [5, 5.41) is 10.9. The summed E-state index contributed by atoms with van der Waals surface area (Å²) in [5.74, 6) is 1.33. The van der Waals surface area contributed by atoms with E-state index in [9.17, 15) is 18.0 Å². The summed E-state index contributed by atoms with van der Waals surface area (Å²) < 4.78 is 44.8. The Kier molecular flexibility index (Phi) is 6.98. The van der Waals surface area contributed by atoms with Crippen LogP contribution in [-0.4, -0.2) is 53.3 Å². The number of anilines is 2. The molecule has 1 atom stereocenters. The van der Waals surface area contributed by atoms with Gasteiger partial charge in [0.1, 0.15) is 11.9 Å².